The minimum absolute atomic E-state index is 0.0134. The zero-order valence-corrected chi connectivity index (χ0v) is 18.5. The topological polar surface area (TPSA) is 210 Å². The van der Waals surface area contributed by atoms with Crippen molar-refractivity contribution in [2.24, 2.45) is 16.8 Å². The minimum atomic E-state index is -4.53. The molecule has 0 bridgehead atoms. The van der Waals surface area contributed by atoms with E-state index in [1.807, 2.05) is 4.90 Å². The summed E-state index contributed by atoms with van der Waals surface area (Å²) >= 11 is 0. The van der Waals surface area contributed by atoms with E-state index in [1.165, 1.54) is 12.1 Å². The normalized spacial score (nSPS) is 17.1. The number of hydrogen-bond acceptors (Lipinski definition) is 10. The molecule has 31 heavy (non-hydrogen) atoms. The number of H-pyrrole nitrogens is 1. The summed E-state index contributed by atoms with van der Waals surface area (Å²) in [6.45, 7) is 2.67. The number of aliphatic hydroxyl groups is 1. The molecule has 0 radical (unpaired) electrons. The quantitative estimate of drug-likeness (QED) is 0.294. The highest BCUT2D eigenvalue weighted by Crippen LogP contribution is 2.39. The Kier molecular flexibility index (Phi) is 6.92. The van der Waals surface area contributed by atoms with Crippen molar-refractivity contribution in [3.8, 4) is 11.4 Å². The maximum absolute atomic E-state index is 13.0. The minimum Gasteiger partial charge on any atom is -0.396 e. The van der Waals surface area contributed by atoms with Gasteiger partial charge in [-0.05, 0) is 43.0 Å². The molecule has 1 aromatic carbocycles. The Morgan fingerprint density at radius 1 is 1.29 bits per heavy atom. The first kappa shape index (κ1) is 23.5. The van der Waals surface area contributed by atoms with E-state index in [2.05, 4.69) is 25.3 Å². The van der Waals surface area contributed by atoms with Gasteiger partial charge in [0.15, 0.2) is 0 Å². The molecule has 2 heterocycles. The fraction of sp³-hybridized carbons (Fsp3) is 0.562. The van der Waals surface area contributed by atoms with Gasteiger partial charge in [0, 0.05) is 38.0 Å². The highest BCUT2D eigenvalue weighted by atomic mass is 32.2. The largest absolute Gasteiger partial charge is 0.396 e. The fourth-order valence-corrected chi connectivity index (χ4v) is 6.38. The maximum Gasteiger partial charge on any atom is 0.242 e. The highest BCUT2D eigenvalue weighted by molar-refractivity contribution is 7.92. The molecule has 7 N–H and O–H groups in total. The number of aromatic amines is 1. The molecular formula is C16H26N8O5S2. The first-order chi connectivity index (χ1) is 14.6. The van der Waals surface area contributed by atoms with E-state index in [4.69, 9.17) is 10.9 Å². The lowest BCUT2D eigenvalue weighted by atomic mass is 9.97. The Bertz CT molecular complexity index is 1110. The molecule has 3 rings (SSSR count). The lowest BCUT2D eigenvalue weighted by molar-refractivity contribution is 0.203. The number of piperidine rings is 1. The highest BCUT2D eigenvalue weighted by Gasteiger charge is 2.34. The third-order valence-corrected chi connectivity index (χ3v) is 7.92. The van der Waals surface area contributed by atoms with E-state index in [0.29, 0.717) is 31.6 Å². The summed E-state index contributed by atoms with van der Waals surface area (Å²) in [4.78, 5) is 0.746. The number of aliphatic hydroxyl groups excluding tert-OH is 1. The second kappa shape index (κ2) is 9.13. The molecule has 13 nitrogen and oxygen atoms in total. The van der Waals surface area contributed by atoms with Crippen molar-refractivity contribution in [3.63, 3.8) is 0 Å². The van der Waals surface area contributed by atoms with Crippen molar-refractivity contribution < 1.29 is 21.9 Å². The number of nitrogens with one attached hydrogen (secondary N) is 2. The van der Waals surface area contributed by atoms with Gasteiger partial charge in [0.25, 0.3) is 0 Å². The molecule has 0 saturated carbocycles. The van der Waals surface area contributed by atoms with Crippen molar-refractivity contribution >= 4 is 25.7 Å². The molecule has 1 saturated heterocycles. The van der Waals surface area contributed by atoms with Gasteiger partial charge >= 0.3 is 0 Å². The van der Waals surface area contributed by atoms with E-state index in [-0.39, 0.29) is 30.5 Å². The summed E-state index contributed by atoms with van der Waals surface area (Å²) in [6.07, 6.45) is 1.37. The van der Waals surface area contributed by atoms with Gasteiger partial charge in [-0.3, -0.25) is 0 Å². The number of nitrogens with two attached hydrogens (primary N) is 2. The van der Waals surface area contributed by atoms with Crippen LogP contribution in [-0.2, 0) is 20.0 Å². The molecule has 0 aliphatic carbocycles. The SMILES string of the molecule is CC(CN)NS(=O)(=O)c1ccc(N2CCC(CO)CC2)c(-c2nn[nH]n2)c1S(N)(=O)=O. The van der Waals surface area contributed by atoms with Crippen molar-refractivity contribution in [1.82, 2.24) is 25.3 Å². The third kappa shape index (κ3) is 5.02. The van der Waals surface area contributed by atoms with Crippen LogP contribution in [0.1, 0.15) is 19.8 Å². The Balaban J connectivity index is 2.24. The van der Waals surface area contributed by atoms with E-state index in [1.54, 1.807) is 6.92 Å². The molecule has 1 fully saturated rings. The molecule has 1 aromatic heterocycles. The van der Waals surface area contributed by atoms with Crippen molar-refractivity contribution in [1.29, 1.82) is 0 Å². The monoisotopic (exact) mass is 474 g/mol. The third-order valence-electron chi connectivity index (χ3n) is 5.17. The molecule has 172 valence electrons. The van der Waals surface area contributed by atoms with E-state index in [9.17, 15) is 21.9 Å². The van der Waals surface area contributed by atoms with Gasteiger partial charge < -0.3 is 15.7 Å². The predicted molar refractivity (Wildman–Crippen MR) is 112 cm³/mol. The maximum atomic E-state index is 13.0. The van der Waals surface area contributed by atoms with Crippen LogP contribution in [0, 0.1) is 5.92 Å². The summed E-state index contributed by atoms with van der Waals surface area (Å²) in [5, 5.41) is 28.4. The van der Waals surface area contributed by atoms with Crippen LogP contribution in [0.4, 0.5) is 5.69 Å². The summed E-state index contributed by atoms with van der Waals surface area (Å²) in [7, 11) is -8.82. The number of sulfonamides is 2. The van der Waals surface area contributed by atoms with Crippen LogP contribution in [0.15, 0.2) is 21.9 Å². The summed E-state index contributed by atoms with van der Waals surface area (Å²) in [6, 6.07) is 2.06. The molecule has 0 amide bonds. The Morgan fingerprint density at radius 2 is 1.97 bits per heavy atom. The zero-order chi connectivity index (χ0) is 22.8. The lowest BCUT2D eigenvalue weighted by Gasteiger charge is -2.34. The van der Waals surface area contributed by atoms with Crippen molar-refractivity contribution in [2.45, 2.75) is 35.6 Å². The summed E-state index contributed by atoms with van der Waals surface area (Å²) in [5.41, 5.74) is 5.86. The van der Waals surface area contributed by atoms with Gasteiger partial charge in [0.1, 0.15) is 9.79 Å². The van der Waals surface area contributed by atoms with Gasteiger partial charge in [-0.2, -0.15) is 5.21 Å². The Hall–Kier alpha value is -2.17. The van der Waals surface area contributed by atoms with Crippen LogP contribution in [-0.4, -0.2) is 74.8 Å². The van der Waals surface area contributed by atoms with Crippen LogP contribution in [0.5, 0.6) is 0 Å². The molecule has 1 unspecified atom stereocenters. The second-order valence-electron chi connectivity index (χ2n) is 7.44. The van der Waals surface area contributed by atoms with Gasteiger partial charge in [-0.15, -0.1) is 10.2 Å². The molecule has 0 spiro atoms. The van der Waals surface area contributed by atoms with Gasteiger partial charge in [0.2, 0.25) is 25.9 Å². The average molecular weight is 475 g/mol. The van der Waals surface area contributed by atoms with Crippen molar-refractivity contribution in [3.05, 3.63) is 12.1 Å². The molecule has 2 aromatic rings. The second-order valence-corrected chi connectivity index (χ2v) is 10.6. The van der Waals surface area contributed by atoms with Gasteiger partial charge in [-0.25, -0.2) is 26.7 Å². The smallest absolute Gasteiger partial charge is 0.242 e. The van der Waals surface area contributed by atoms with Crippen molar-refractivity contribution in [2.75, 3.05) is 31.1 Å². The Morgan fingerprint density at radius 3 is 2.48 bits per heavy atom. The van der Waals surface area contributed by atoms with E-state index in [0.717, 1.165) is 0 Å². The van der Waals surface area contributed by atoms with Crippen LogP contribution in [0.2, 0.25) is 0 Å². The number of primary sulfonamides is 1. The molecule has 1 aliphatic rings. The average Bonchev–Trinajstić information content (AvgIpc) is 3.26. The van der Waals surface area contributed by atoms with Crippen LogP contribution in [0.25, 0.3) is 11.4 Å². The Labute approximate surface area is 180 Å². The van der Waals surface area contributed by atoms with Crippen LogP contribution < -0.4 is 20.5 Å². The number of anilines is 1. The lowest BCUT2D eigenvalue weighted by Crippen LogP contribution is -2.39. The number of tetrazole rings is 1. The standard InChI is InChI=1S/C16H26N8O5S2/c1-10(8-17)21-31(28,29)13-3-2-12(24-6-4-11(9-25)5-7-24)14(15(13)30(18,26)27)16-19-22-23-20-16/h2-3,10-11,21,25H,4-9,17H2,1H3,(H2,18,26,27)(H,19,20,22,23). The zero-order valence-electron chi connectivity index (χ0n) is 16.9. The van der Waals surface area contributed by atoms with Gasteiger partial charge in [0.05, 0.1) is 5.56 Å². The number of rotatable bonds is 8. The number of aromatic nitrogens is 4. The number of benzene rings is 1. The van der Waals surface area contributed by atoms with E-state index < -0.39 is 35.9 Å². The first-order valence-corrected chi connectivity index (χ1v) is 12.6. The molecule has 15 heteroatoms. The number of hydrogen-bond donors (Lipinski definition) is 5. The fourth-order valence-electron chi connectivity index (χ4n) is 3.53. The number of nitrogens with zero attached hydrogens (tertiary/aromatic N) is 4. The predicted octanol–water partition coefficient (Wildman–Crippen LogP) is -1.65. The van der Waals surface area contributed by atoms with E-state index >= 15 is 0 Å². The first-order valence-electron chi connectivity index (χ1n) is 9.60. The van der Waals surface area contributed by atoms with Gasteiger partial charge in [-0.1, -0.05) is 0 Å². The van der Waals surface area contributed by atoms with Crippen LogP contribution >= 0.6 is 0 Å². The molecular weight excluding hydrogens is 448 g/mol. The molecule has 1 aliphatic heterocycles. The summed E-state index contributed by atoms with van der Waals surface area (Å²) in [5.74, 6) is 0.0384. The molecule has 1 atom stereocenters. The van der Waals surface area contributed by atoms with Crippen LogP contribution in [0.3, 0.4) is 0 Å². The summed E-state index contributed by atoms with van der Waals surface area (Å²) < 4.78 is 53.5.